The lowest BCUT2D eigenvalue weighted by Gasteiger charge is -2.39. The average molecular weight is 270 g/mol. The van der Waals surface area contributed by atoms with Crippen molar-refractivity contribution in [2.24, 2.45) is 0 Å². The van der Waals surface area contributed by atoms with Gasteiger partial charge in [0, 0.05) is 18.6 Å². The van der Waals surface area contributed by atoms with Crippen LogP contribution < -0.4 is 0 Å². The zero-order valence-corrected chi connectivity index (χ0v) is 11.9. The molecule has 0 aromatic carbocycles. The van der Waals surface area contributed by atoms with Crippen molar-refractivity contribution in [3.8, 4) is 0 Å². The summed E-state index contributed by atoms with van der Waals surface area (Å²) in [7, 11) is 0. The van der Waals surface area contributed by atoms with Gasteiger partial charge >= 0.3 is 0 Å². The molecule has 1 aliphatic rings. The predicted molar refractivity (Wildman–Crippen MR) is 71.9 cm³/mol. The Morgan fingerprint density at radius 1 is 1.44 bits per heavy atom. The molecule has 1 aliphatic heterocycles. The molecular weight excluding hydrogens is 250 g/mol. The number of aromatic nitrogens is 2. The van der Waals surface area contributed by atoms with Crippen LogP contribution in [0.15, 0.2) is 6.20 Å². The Bertz CT molecular complexity index is 433. The van der Waals surface area contributed by atoms with Gasteiger partial charge < -0.3 is 4.90 Å². The van der Waals surface area contributed by atoms with Gasteiger partial charge in [0.25, 0.3) is 5.91 Å². The highest BCUT2D eigenvalue weighted by molar-refractivity contribution is 6.33. The van der Waals surface area contributed by atoms with E-state index in [1.165, 1.54) is 6.42 Å². The van der Waals surface area contributed by atoms with Gasteiger partial charge in [-0.25, -0.2) is 0 Å². The van der Waals surface area contributed by atoms with Gasteiger partial charge in [-0.15, -0.1) is 0 Å². The van der Waals surface area contributed by atoms with Crippen molar-refractivity contribution in [1.82, 2.24) is 14.7 Å². The summed E-state index contributed by atoms with van der Waals surface area (Å²) in [5.74, 6) is 0.0130. The van der Waals surface area contributed by atoms with Crippen molar-refractivity contribution in [2.75, 3.05) is 0 Å². The van der Waals surface area contributed by atoms with E-state index in [0.717, 1.165) is 12.8 Å². The molecule has 2 heterocycles. The summed E-state index contributed by atoms with van der Waals surface area (Å²) in [6.45, 7) is 6.83. The van der Waals surface area contributed by atoms with Crippen molar-refractivity contribution < 1.29 is 4.79 Å². The molecule has 1 amide bonds. The number of nitrogens with zero attached hydrogens (tertiary/aromatic N) is 3. The van der Waals surface area contributed by atoms with E-state index in [0.29, 0.717) is 17.3 Å². The third kappa shape index (κ3) is 2.26. The number of halogens is 1. The molecule has 1 aromatic rings. The fraction of sp³-hybridized carbons (Fsp3) is 0.692. The van der Waals surface area contributed by atoms with Crippen molar-refractivity contribution in [1.29, 1.82) is 0 Å². The molecule has 0 bridgehead atoms. The van der Waals surface area contributed by atoms with Gasteiger partial charge in [-0.3, -0.25) is 9.48 Å². The Hall–Kier alpha value is -1.03. The second-order valence-electron chi connectivity index (χ2n) is 5.00. The minimum atomic E-state index is 0.0130. The maximum absolute atomic E-state index is 12.7. The van der Waals surface area contributed by atoms with Gasteiger partial charge in [0.05, 0.1) is 11.2 Å². The standard InChI is InChI=1S/C13H20ClN3O/c1-4-16-12(11(14)8-15-16)13(18)17-9(2)6-5-7-10(17)3/h8-10H,4-7H2,1-3H3/t9-,10-/m1/s1. The highest BCUT2D eigenvalue weighted by Gasteiger charge is 2.32. The van der Waals surface area contributed by atoms with Crippen LogP contribution in [0.1, 0.15) is 50.5 Å². The van der Waals surface area contributed by atoms with E-state index in [1.54, 1.807) is 10.9 Å². The van der Waals surface area contributed by atoms with Crippen LogP contribution in [0, 0.1) is 0 Å². The lowest BCUT2D eigenvalue weighted by Crippen LogP contribution is -2.48. The lowest BCUT2D eigenvalue weighted by atomic mass is 9.97. The first-order valence-electron chi connectivity index (χ1n) is 6.60. The molecule has 2 atom stereocenters. The summed E-state index contributed by atoms with van der Waals surface area (Å²) >= 11 is 6.10. The van der Waals surface area contributed by atoms with Crippen molar-refractivity contribution in [3.63, 3.8) is 0 Å². The molecule has 0 spiro atoms. The van der Waals surface area contributed by atoms with Crippen LogP contribution in [0.5, 0.6) is 0 Å². The van der Waals surface area contributed by atoms with Crippen LogP contribution in [0.25, 0.3) is 0 Å². The summed E-state index contributed by atoms with van der Waals surface area (Å²) < 4.78 is 1.68. The average Bonchev–Trinajstić information content (AvgIpc) is 2.70. The van der Waals surface area contributed by atoms with E-state index < -0.39 is 0 Å². The summed E-state index contributed by atoms with van der Waals surface area (Å²) in [6.07, 6.45) is 4.87. The fourth-order valence-electron chi connectivity index (χ4n) is 2.76. The van der Waals surface area contributed by atoms with E-state index in [-0.39, 0.29) is 18.0 Å². The number of hydrogen-bond donors (Lipinski definition) is 0. The molecule has 1 aromatic heterocycles. The molecule has 0 unspecified atom stereocenters. The smallest absolute Gasteiger partial charge is 0.274 e. The molecule has 5 heteroatoms. The third-order valence-electron chi connectivity index (χ3n) is 3.72. The van der Waals surface area contributed by atoms with Gasteiger partial charge in [-0.2, -0.15) is 5.10 Å². The monoisotopic (exact) mass is 269 g/mol. The third-order valence-corrected chi connectivity index (χ3v) is 4.00. The Labute approximate surface area is 113 Å². The topological polar surface area (TPSA) is 38.1 Å². The zero-order chi connectivity index (χ0) is 13.3. The van der Waals surface area contributed by atoms with Gasteiger partial charge in [0.1, 0.15) is 5.69 Å². The Morgan fingerprint density at radius 2 is 2.06 bits per heavy atom. The molecule has 1 saturated heterocycles. The molecule has 0 N–H and O–H groups in total. The second-order valence-corrected chi connectivity index (χ2v) is 5.41. The number of carbonyl (C=O) groups excluding carboxylic acids is 1. The SMILES string of the molecule is CCn1ncc(Cl)c1C(=O)N1[C@H](C)CCC[C@H]1C. The minimum Gasteiger partial charge on any atom is -0.332 e. The number of likely N-dealkylation sites (tertiary alicyclic amines) is 1. The maximum Gasteiger partial charge on any atom is 0.274 e. The highest BCUT2D eigenvalue weighted by Crippen LogP contribution is 2.26. The largest absolute Gasteiger partial charge is 0.332 e. The summed E-state index contributed by atoms with van der Waals surface area (Å²) in [5.41, 5.74) is 0.528. The van der Waals surface area contributed by atoms with Crippen molar-refractivity contribution in [2.45, 2.75) is 58.7 Å². The van der Waals surface area contributed by atoms with Gasteiger partial charge in [-0.1, -0.05) is 11.6 Å². The first-order valence-corrected chi connectivity index (χ1v) is 6.98. The number of piperidine rings is 1. The summed E-state index contributed by atoms with van der Waals surface area (Å²) in [6, 6.07) is 0.551. The van der Waals surface area contributed by atoms with Crippen LogP contribution in [0.2, 0.25) is 5.02 Å². The highest BCUT2D eigenvalue weighted by atomic mass is 35.5. The Kier molecular flexibility index (Phi) is 3.95. The first-order chi connectivity index (χ1) is 8.56. The predicted octanol–water partition coefficient (Wildman–Crippen LogP) is 2.96. The molecule has 0 saturated carbocycles. The minimum absolute atomic E-state index is 0.0130. The van der Waals surface area contributed by atoms with Crippen LogP contribution in [-0.2, 0) is 6.54 Å². The van der Waals surface area contributed by atoms with E-state index in [4.69, 9.17) is 11.6 Å². The van der Waals surface area contributed by atoms with E-state index >= 15 is 0 Å². The number of amides is 1. The van der Waals surface area contributed by atoms with Gasteiger partial charge in [0.2, 0.25) is 0 Å². The molecular formula is C13H20ClN3O. The second kappa shape index (κ2) is 5.31. The number of hydrogen-bond acceptors (Lipinski definition) is 2. The number of aryl methyl sites for hydroxylation is 1. The Balaban J connectivity index is 2.32. The molecule has 0 radical (unpaired) electrons. The van der Waals surface area contributed by atoms with Crippen LogP contribution in [-0.4, -0.2) is 32.7 Å². The fourth-order valence-corrected chi connectivity index (χ4v) is 2.98. The molecule has 4 nitrogen and oxygen atoms in total. The lowest BCUT2D eigenvalue weighted by molar-refractivity contribution is 0.0498. The molecule has 1 fully saturated rings. The van der Waals surface area contributed by atoms with Crippen LogP contribution in [0.3, 0.4) is 0 Å². The molecule has 100 valence electrons. The van der Waals surface area contributed by atoms with Crippen LogP contribution >= 0.6 is 11.6 Å². The van der Waals surface area contributed by atoms with E-state index in [2.05, 4.69) is 18.9 Å². The summed E-state index contributed by atoms with van der Waals surface area (Å²) in [4.78, 5) is 14.6. The van der Waals surface area contributed by atoms with Gasteiger partial charge in [0.15, 0.2) is 0 Å². The number of carbonyl (C=O) groups is 1. The molecule has 0 aliphatic carbocycles. The van der Waals surface area contributed by atoms with E-state index in [9.17, 15) is 4.79 Å². The zero-order valence-electron chi connectivity index (χ0n) is 11.2. The first kappa shape index (κ1) is 13.4. The summed E-state index contributed by atoms with van der Waals surface area (Å²) in [5, 5.41) is 4.59. The van der Waals surface area contributed by atoms with E-state index in [1.807, 2.05) is 11.8 Å². The van der Waals surface area contributed by atoms with Crippen molar-refractivity contribution >= 4 is 17.5 Å². The Morgan fingerprint density at radius 3 is 2.61 bits per heavy atom. The number of rotatable bonds is 2. The van der Waals surface area contributed by atoms with Crippen LogP contribution in [0.4, 0.5) is 0 Å². The van der Waals surface area contributed by atoms with Crippen molar-refractivity contribution in [3.05, 3.63) is 16.9 Å². The molecule has 2 rings (SSSR count). The molecule has 18 heavy (non-hydrogen) atoms. The quantitative estimate of drug-likeness (QED) is 0.828. The normalized spacial score (nSPS) is 24.3. The maximum atomic E-state index is 12.7. The van der Waals surface area contributed by atoms with Gasteiger partial charge in [-0.05, 0) is 40.0 Å².